The summed E-state index contributed by atoms with van der Waals surface area (Å²) in [6.45, 7) is 3.65. The summed E-state index contributed by atoms with van der Waals surface area (Å²) < 4.78 is 29.8. The number of amides is 1. The standard InChI is InChI=1S/C25H26N6O6S3/c1-3-37-24(34)19-16-6-4-5-7-18(16)39-23(19)29-21(32)13(2)38-25-28-20-17(22(33)30-25)12-27-31(20)14-8-10-15(11-9-14)40(26,35)36/h8-13H,3-7H2,1-2H3,(H,29,32)(H2,26,35,36)(H,28,30,33). The third-order valence-electron chi connectivity index (χ3n) is 6.37. The monoisotopic (exact) mass is 602 g/mol. The molecule has 4 aromatic rings. The fourth-order valence-corrected chi connectivity index (χ4v) is 7.02. The zero-order valence-corrected chi connectivity index (χ0v) is 24.0. The predicted molar refractivity (Wildman–Crippen MR) is 152 cm³/mol. The quantitative estimate of drug-likeness (QED) is 0.155. The Balaban J connectivity index is 1.39. The summed E-state index contributed by atoms with van der Waals surface area (Å²) in [6.07, 6.45) is 4.99. The van der Waals surface area contributed by atoms with Gasteiger partial charge in [0.2, 0.25) is 15.9 Å². The molecule has 0 bridgehead atoms. The van der Waals surface area contributed by atoms with E-state index in [0.717, 1.165) is 47.9 Å². The van der Waals surface area contributed by atoms with E-state index < -0.39 is 26.8 Å². The molecule has 1 unspecified atom stereocenters. The maximum absolute atomic E-state index is 13.2. The molecule has 1 aliphatic carbocycles. The Hall–Kier alpha value is -3.53. The molecule has 3 heterocycles. The number of aromatic nitrogens is 4. The van der Waals surface area contributed by atoms with E-state index in [2.05, 4.69) is 20.4 Å². The van der Waals surface area contributed by atoms with Gasteiger partial charge in [0.25, 0.3) is 5.56 Å². The molecule has 1 amide bonds. The first-order valence-electron chi connectivity index (χ1n) is 12.5. The molecule has 1 aliphatic rings. The number of rotatable bonds is 8. The highest BCUT2D eigenvalue weighted by Crippen LogP contribution is 2.39. The van der Waals surface area contributed by atoms with Crippen molar-refractivity contribution >= 4 is 61.0 Å². The molecule has 210 valence electrons. The Morgan fingerprint density at radius 3 is 2.67 bits per heavy atom. The number of esters is 1. The van der Waals surface area contributed by atoms with Crippen LogP contribution in [0.25, 0.3) is 16.7 Å². The summed E-state index contributed by atoms with van der Waals surface area (Å²) in [5.41, 5.74) is 1.64. The molecule has 4 N–H and O–H groups in total. The van der Waals surface area contributed by atoms with Crippen molar-refractivity contribution in [2.75, 3.05) is 11.9 Å². The molecular formula is C25H26N6O6S3. The molecular weight excluding hydrogens is 577 g/mol. The topological polar surface area (TPSA) is 179 Å². The van der Waals surface area contributed by atoms with Gasteiger partial charge in [-0.1, -0.05) is 11.8 Å². The van der Waals surface area contributed by atoms with Crippen molar-refractivity contribution in [3.05, 3.63) is 56.8 Å². The van der Waals surface area contributed by atoms with Gasteiger partial charge in [-0.25, -0.2) is 28.0 Å². The van der Waals surface area contributed by atoms with Gasteiger partial charge in [0.1, 0.15) is 10.4 Å². The van der Waals surface area contributed by atoms with Gasteiger partial charge in [-0.15, -0.1) is 11.3 Å². The van der Waals surface area contributed by atoms with E-state index in [1.165, 1.54) is 46.5 Å². The van der Waals surface area contributed by atoms with Crippen LogP contribution in [-0.4, -0.2) is 51.9 Å². The van der Waals surface area contributed by atoms with Crippen LogP contribution in [0.2, 0.25) is 0 Å². The van der Waals surface area contributed by atoms with Gasteiger partial charge in [0.15, 0.2) is 10.8 Å². The maximum atomic E-state index is 13.2. The molecule has 0 fully saturated rings. The van der Waals surface area contributed by atoms with Gasteiger partial charge in [0.05, 0.1) is 34.2 Å². The van der Waals surface area contributed by atoms with Crippen molar-refractivity contribution in [2.24, 2.45) is 5.14 Å². The minimum absolute atomic E-state index is 0.0627. The smallest absolute Gasteiger partial charge is 0.341 e. The molecule has 0 aliphatic heterocycles. The number of hydrogen-bond donors (Lipinski definition) is 3. The van der Waals surface area contributed by atoms with Crippen LogP contribution in [-0.2, 0) is 32.4 Å². The first-order chi connectivity index (χ1) is 19.1. The average Bonchev–Trinajstić information content (AvgIpc) is 3.50. The van der Waals surface area contributed by atoms with Crippen LogP contribution in [0.15, 0.2) is 45.3 Å². The summed E-state index contributed by atoms with van der Waals surface area (Å²) in [5.74, 6) is -0.803. The lowest BCUT2D eigenvalue weighted by Crippen LogP contribution is -2.24. The van der Waals surface area contributed by atoms with Gasteiger partial charge in [0, 0.05) is 4.88 Å². The number of fused-ring (bicyclic) bond motifs is 2. The number of H-pyrrole nitrogens is 1. The number of carbonyl (C=O) groups is 2. The van der Waals surface area contributed by atoms with Crippen LogP contribution in [0.5, 0.6) is 0 Å². The zero-order valence-electron chi connectivity index (χ0n) is 21.6. The van der Waals surface area contributed by atoms with Crippen molar-refractivity contribution in [3.8, 4) is 5.69 Å². The Bertz CT molecular complexity index is 1770. The van der Waals surface area contributed by atoms with E-state index in [0.29, 0.717) is 16.3 Å². The van der Waals surface area contributed by atoms with E-state index in [-0.39, 0.29) is 33.6 Å². The number of thioether (sulfide) groups is 1. The summed E-state index contributed by atoms with van der Waals surface area (Å²) in [4.78, 5) is 46.9. The minimum atomic E-state index is -3.87. The second-order valence-electron chi connectivity index (χ2n) is 9.09. The van der Waals surface area contributed by atoms with E-state index in [9.17, 15) is 22.8 Å². The molecule has 0 spiro atoms. The van der Waals surface area contributed by atoms with Gasteiger partial charge in [-0.3, -0.25) is 9.59 Å². The van der Waals surface area contributed by atoms with Gasteiger partial charge >= 0.3 is 5.97 Å². The highest BCUT2D eigenvalue weighted by Gasteiger charge is 2.28. The second-order valence-corrected chi connectivity index (χ2v) is 13.1. The lowest BCUT2D eigenvalue weighted by molar-refractivity contribution is -0.115. The lowest BCUT2D eigenvalue weighted by atomic mass is 9.95. The number of primary sulfonamides is 1. The summed E-state index contributed by atoms with van der Waals surface area (Å²) in [5, 5.41) is 12.5. The number of hydrogen-bond acceptors (Lipinski definition) is 10. The molecule has 1 aromatic carbocycles. The van der Waals surface area contributed by atoms with E-state index in [4.69, 9.17) is 9.88 Å². The van der Waals surface area contributed by atoms with Crippen LogP contribution in [0, 0.1) is 0 Å². The number of anilines is 1. The highest BCUT2D eigenvalue weighted by atomic mass is 32.2. The van der Waals surface area contributed by atoms with Crippen molar-refractivity contribution in [1.29, 1.82) is 0 Å². The molecule has 0 radical (unpaired) electrons. The van der Waals surface area contributed by atoms with Crippen LogP contribution in [0.3, 0.4) is 0 Å². The number of benzene rings is 1. The summed E-state index contributed by atoms with van der Waals surface area (Å²) >= 11 is 2.45. The van der Waals surface area contributed by atoms with Crippen LogP contribution >= 0.6 is 23.1 Å². The number of aryl methyl sites for hydroxylation is 1. The molecule has 40 heavy (non-hydrogen) atoms. The molecule has 3 aromatic heterocycles. The van der Waals surface area contributed by atoms with Gasteiger partial charge in [-0.2, -0.15) is 5.10 Å². The van der Waals surface area contributed by atoms with Crippen LogP contribution in [0.1, 0.15) is 47.5 Å². The number of nitrogens with two attached hydrogens (primary N) is 1. The fourth-order valence-electron chi connectivity index (χ4n) is 4.43. The van der Waals surface area contributed by atoms with Crippen LogP contribution in [0.4, 0.5) is 5.00 Å². The first kappa shape index (κ1) is 28.0. The molecule has 0 saturated heterocycles. The summed E-state index contributed by atoms with van der Waals surface area (Å²) in [7, 11) is -3.87. The minimum Gasteiger partial charge on any atom is -0.462 e. The Labute approximate surface area is 237 Å². The van der Waals surface area contributed by atoms with Crippen LogP contribution < -0.4 is 16.0 Å². The molecule has 1 atom stereocenters. The number of ether oxygens (including phenoxy) is 1. The molecule has 15 heteroatoms. The normalized spacial score (nSPS) is 14.1. The third-order valence-corrected chi connectivity index (χ3v) is 9.49. The number of carbonyl (C=O) groups excluding carboxylic acids is 2. The fraction of sp³-hybridized carbons (Fsp3) is 0.320. The van der Waals surface area contributed by atoms with E-state index in [1.54, 1.807) is 13.8 Å². The Morgan fingerprint density at radius 1 is 1.25 bits per heavy atom. The SMILES string of the molecule is CCOC(=O)c1c(NC(=O)C(C)Sc2nc3c(cnn3-c3ccc(S(N)(=O)=O)cc3)c(=O)[nH]2)sc2c1CCCC2. The molecule has 5 rings (SSSR count). The highest BCUT2D eigenvalue weighted by molar-refractivity contribution is 8.00. The van der Waals surface area contributed by atoms with Crippen molar-refractivity contribution < 1.29 is 22.7 Å². The van der Waals surface area contributed by atoms with E-state index >= 15 is 0 Å². The van der Waals surface area contributed by atoms with Gasteiger partial charge < -0.3 is 15.0 Å². The molecule has 0 saturated carbocycles. The van der Waals surface area contributed by atoms with Crippen molar-refractivity contribution in [1.82, 2.24) is 19.7 Å². The maximum Gasteiger partial charge on any atom is 0.341 e. The largest absolute Gasteiger partial charge is 0.462 e. The number of aromatic amines is 1. The first-order valence-corrected chi connectivity index (χ1v) is 15.7. The lowest BCUT2D eigenvalue weighted by Gasteiger charge is -2.13. The van der Waals surface area contributed by atoms with Crippen molar-refractivity contribution in [3.63, 3.8) is 0 Å². The number of nitrogens with zero attached hydrogens (tertiary/aromatic N) is 3. The number of sulfonamides is 1. The Morgan fingerprint density at radius 2 is 1.98 bits per heavy atom. The second kappa shape index (κ2) is 11.2. The number of nitrogens with one attached hydrogen (secondary N) is 2. The third kappa shape index (κ3) is 5.54. The van der Waals surface area contributed by atoms with Gasteiger partial charge in [-0.05, 0) is 69.4 Å². The molecule has 12 nitrogen and oxygen atoms in total. The Kier molecular flexibility index (Phi) is 7.81. The number of thiophene rings is 1. The summed E-state index contributed by atoms with van der Waals surface area (Å²) in [6, 6.07) is 5.67. The zero-order chi connectivity index (χ0) is 28.6. The average molecular weight is 603 g/mol. The van der Waals surface area contributed by atoms with E-state index in [1.807, 2.05) is 0 Å². The van der Waals surface area contributed by atoms with Crippen molar-refractivity contribution in [2.45, 2.75) is 54.8 Å². The predicted octanol–water partition coefficient (Wildman–Crippen LogP) is 2.99.